The number of phosphoric acid groups is 2. The van der Waals surface area contributed by atoms with Gasteiger partial charge in [-0.05, 0) is 25.7 Å². The molecule has 0 heterocycles. The van der Waals surface area contributed by atoms with Crippen LogP contribution in [0.5, 0.6) is 0 Å². The van der Waals surface area contributed by atoms with Gasteiger partial charge in [0.05, 0.1) is 26.4 Å². The Labute approximate surface area is 588 Å². The zero-order valence-corrected chi connectivity index (χ0v) is 64.1. The van der Waals surface area contributed by atoms with Crippen LogP contribution >= 0.6 is 15.6 Å². The van der Waals surface area contributed by atoms with E-state index >= 15 is 0 Å². The van der Waals surface area contributed by atoms with Crippen LogP contribution in [0.2, 0.25) is 0 Å². The van der Waals surface area contributed by atoms with Crippen LogP contribution in [0.3, 0.4) is 0 Å². The number of rotatable bonds is 78. The van der Waals surface area contributed by atoms with Gasteiger partial charge in [-0.15, -0.1) is 0 Å². The van der Waals surface area contributed by atoms with Gasteiger partial charge in [0.1, 0.15) is 19.3 Å². The van der Waals surface area contributed by atoms with Crippen molar-refractivity contribution in [3.63, 3.8) is 0 Å². The smallest absolute Gasteiger partial charge is 0.462 e. The van der Waals surface area contributed by atoms with E-state index in [1.54, 1.807) is 0 Å². The minimum absolute atomic E-state index is 0.109. The maximum atomic E-state index is 13.1. The summed E-state index contributed by atoms with van der Waals surface area (Å²) in [5.74, 6) is -2.11. The van der Waals surface area contributed by atoms with Gasteiger partial charge in [0.2, 0.25) is 0 Å². The molecule has 0 saturated heterocycles. The lowest BCUT2D eigenvalue weighted by Gasteiger charge is -2.21. The fourth-order valence-corrected chi connectivity index (χ4v) is 13.5. The molecule has 0 rings (SSSR count). The van der Waals surface area contributed by atoms with E-state index in [1.807, 2.05) is 0 Å². The van der Waals surface area contributed by atoms with Crippen molar-refractivity contribution in [3.8, 4) is 0 Å². The van der Waals surface area contributed by atoms with E-state index in [0.29, 0.717) is 25.7 Å². The van der Waals surface area contributed by atoms with Crippen molar-refractivity contribution in [2.24, 2.45) is 0 Å². The van der Waals surface area contributed by atoms with E-state index < -0.39 is 97.5 Å². The average Bonchev–Trinajstić information content (AvgIpc) is 1.14. The summed E-state index contributed by atoms with van der Waals surface area (Å²) in [7, 11) is -9.91. The largest absolute Gasteiger partial charge is 0.472 e. The van der Waals surface area contributed by atoms with E-state index in [4.69, 9.17) is 37.0 Å². The number of unbranched alkanes of at least 4 members (excludes halogenated alkanes) is 52. The summed E-state index contributed by atoms with van der Waals surface area (Å²) in [5.41, 5.74) is 0. The van der Waals surface area contributed by atoms with Gasteiger partial charge in [0.25, 0.3) is 0 Å². The van der Waals surface area contributed by atoms with Crippen molar-refractivity contribution in [1.29, 1.82) is 0 Å². The van der Waals surface area contributed by atoms with Crippen molar-refractivity contribution in [2.75, 3.05) is 39.6 Å². The second-order valence-corrected chi connectivity index (χ2v) is 30.7. The quantitative estimate of drug-likeness (QED) is 0.0222. The lowest BCUT2D eigenvalue weighted by Crippen LogP contribution is -2.30. The van der Waals surface area contributed by atoms with Gasteiger partial charge >= 0.3 is 39.5 Å². The maximum Gasteiger partial charge on any atom is 0.472 e. The number of carbonyl (C=O) groups excluding carboxylic acids is 4. The standard InChI is InChI=1S/C77H150O17P2/c1-5-9-13-17-21-25-29-32-35-38-42-46-50-54-58-62-75(80)88-68-73(94-77(82)64-60-56-52-48-44-40-37-34-31-27-23-19-15-11-7-3)70-92-96(85,86)90-66-71(78)65-89-95(83,84)91-69-72(67-87-74(79)61-57-53-49-45-41-28-24-20-16-12-8-4)93-76(81)63-59-55-51-47-43-39-36-33-30-26-22-18-14-10-6-2/h71-73,78H,5-70H2,1-4H3,(H,83,84)(H,85,86)/t71-,72-,73-/m1/s1. The molecule has 2 unspecified atom stereocenters. The summed E-state index contributed by atoms with van der Waals surface area (Å²) in [6.45, 7) is 5.01. The molecule has 0 saturated carbocycles. The molecular formula is C77H150O17P2. The molecule has 0 spiro atoms. The van der Waals surface area contributed by atoms with Crippen molar-refractivity contribution in [1.82, 2.24) is 0 Å². The first kappa shape index (κ1) is 94.1. The van der Waals surface area contributed by atoms with Gasteiger partial charge < -0.3 is 33.8 Å². The number of aliphatic hydroxyl groups is 1. The summed E-state index contributed by atoms with van der Waals surface area (Å²) in [4.78, 5) is 72.9. The first-order valence-electron chi connectivity index (χ1n) is 40.3. The lowest BCUT2D eigenvalue weighted by atomic mass is 10.0. The Morgan fingerprint density at radius 1 is 0.250 bits per heavy atom. The van der Waals surface area contributed by atoms with Gasteiger partial charge in [-0.2, -0.15) is 0 Å². The molecule has 0 aliphatic rings. The van der Waals surface area contributed by atoms with Crippen molar-refractivity contribution in [2.45, 2.75) is 431 Å². The summed E-state index contributed by atoms with van der Waals surface area (Å²) in [6.07, 6.45) is 62.2. The summed E-state index contributed by atoms with van der Waals surface area (Å²) >= 11 is 0. The number of hydrogen-bond donors (Lipinski definition) is 3. The summed E-state index contributed by atoms with van der Waals surface area (Å²) < 4.78 is 68.6. The Morgan fingerprint density at radius 2 is 0.417 bits per heavy atom. The molecule has 0 aliphatic carbocycles. The maximum absolute atomic E-state index is 13.1. The van der Waals surface area contributed by atoms with Crippen LogP contribution < -0.4 is 0 Å². The third kappa shape index (κ3) is 70.5. The van der Waals surface area contributed by atoms with Gasteiger partial charge in [-0.25, -0.2) is 9.13 Å². The Bertz CT molecular complexity index is 1830. The SMILES string of the molecule is CCCCCCCCCCCCCCCCCC(=O)OC[C@H](COP(=O)(O)OC[C@H](O)COP(=O)(O)OC[C@@H](COC(=O)CCCCCCCCCCCCC)OC(=O)CCCCCCCCCCCCCCCCC)OC(=O)CCCCCCCCCCCCCCCCC. The third-order valence-corrected chi connectivity index (χ3v) is 20.0. The van der Waals surface area contributed by atoms with E-state index in [2.05, 4.69) is 27.7 Å². The van der Waals surface area contributed by atoms with Crippen LogP contribution in [0.15, 0.2) is 0 Å². The van der Waals surface area contributed by atoms with Crippen LogP contribution in [-0.4, -0.2) is 96.7 Å². The van der Waals surface area contributed by atoms with Gasteiger partial charge in [0, 0.05) is 25.7 Å². The molecule has 96 heavy (non-hydrogen) atoms. The van der Waals surface area contributed by atoms with Gasteiger partial charge in [0.15, 0.2) is 12.2 Å². The zero-order chi connectivity index (χ0) is 70.4. The second-order valence-electron chi connectivity index (χ2n) is 27.7. The predicted molar refractivity (Wildman–Crippen MR) is 391 cm³/mol. The number of hydrogen-bond acceptors (Lipinski definition) is 15. The summed E-state index contributed by atoms with van der Waals surface area (Å²) in [5, 5.41) is 10.6. The van der Waals surface area contributed by atoms with Crippen LogP contribution in [-0.2, 0) is 65.4 Å². The number of phosphoric ester groups is 2. The Kier molecular flexibility index (Phi) is 70.0. The highest BCUT2D eigenvalue weighted by Crippen LogP contribution is 2.45. The van der Waals surface area contributed by atoms with Crippen LogP contribution in [0, 0.1) is 0 Å². The molecule has 19 heteroatoms. The molecule has 0 aromatic carbocycles. The Morgan fingerprint density at radius 3 is 0.615 bits per heavy atom. The van der Waals surface area contributed by atoms with Gasteiger partial charge in [-0.1, -0.05) is 362 Å². The van der Waals surface area contributed by atoms with Crippen molar-refractivity contribution < 1.29 is 80.2 Å². The van der Waals surface area contributed by atoms with E-state index in [-0.39, 0.29) is 25.7 Å². The van der Waals surface area contributed by atoms with Crippen LogP contribution in [0.1, 0.15) is 413 Å². The fraction of sp³-hybridized carbons (Fsp3) is 0.948. The number of carbonyl (C=O) groups is 4. The minimum atomic E-state index is -4.96. The molecule has 0 radical (unpaired) electrons. The fourth-order valence-electron chi connectivity index (χ4n) is 11.9. The zero-order valence-electron chi connectivity index (χ0n) is 62.4. The van der Waals surface area contributed by atoms with Crippen molar-refractivity contribution in [3.05, 3.63) is 0 Å². The van der Waals surface area contributed by atoms with Crippen LogP contribution in [0.25, 0.3) is 0 Å². The predicted octanol–water partition coefficient (Wildman–Crippen LogP) is 23.0. The van der Waals surface area contributed by atoms with E-state index in [0.717, 1.165) is 89.9 Å². The van der Waals surface area contributed by atoms with E-state index in [9.17, 15) is 43.2 Å². The molecule has 0 bridgehead atoms. The molecule has 570 valence electrons. The minimum Gasteiger partial charge on any atom is -0.462 e. The monoisotopic (exact) mass is 1410 g/mol. The molecular weight excluding hydrogens is 1260 g/mol. The molecule has 0 aromatic rings. The topological polar surface area (TPSA) is 237 Å². The number of esters is 4. The normalized spacial score (nSPS) is 13.9. The Balaban J connectivity index is 5.25. The highest BCUT2D eigenvalue weighted by atomic mass is 31.2. The number of ether oxygens (including phenoxy) is 4. The highest BCUT2D eigenvalue weighted by Gasteiger charge is 2.30. The molecule has 5 atom stereocenters. The van der Waals surface area contributed by atoms with Crippen LogP contribution in [0.4, 0.5) is 0 Å². The molecule has 0 aliphatic heterocycles. The van der Waals surface area contributed by atoms with Gasteiger partial charge in [-0.3, -0.25) is 37.3 Å². The average molecular weight is 1410 g/mol. The first-order chi connectivity index (χ1) is 46.7. The highest BCUT2D eigenvalue weighted by molar-refractivity contribution is 7.47. The molecule has 17 nitrogen and oxygen atoms in total. The second kappa shape index (κ2) is 71.5. The molecule has 0 fully saturated rings. The van der Waals surface area contributed by atoms with E-state index in [1.165, 1.54) is 244 Å². The molecule has 3 N–H and O–H groups in total. The lowest BCUT2D eigenvalue weighted by molar-refractivity contribution is -0.161. The summed E-state index contributed by atoms with van der Waals surface area (Å²) in [6, 6.07) is 0. The van der Waals surface area contributed by atoms with Crippen molar-refractivity contribution >= 4 is 39.5 Å². The molecule has 0 amide bonds. The first-order valence-corrected chi connectivity index (χ1v) is 43.3. The number of aliphatic hydroxyl groups excluding tert-OH is 1. The molecule has 0 aromatic heterocycles. The Hall–Kier alpha value is -1.94. The third-order valence-electron chi connectivity index (χ3n) is 18.1.